The minimum Gasteiger partial charge on any atom is -0.326 e. The Morgan fingerprint density at radius 2 is 2.24 bits per heavy atom. The Kier molecular flexibility index (Phi) is 2.56. The van der Waals surface area contributed by atoms with Crippen molar-refractivity contribution >= 4 is 23.2 Å². The SMILES string of the molecule is Cc1cn(C2CC2)c(Nc2cccc(Cl)c2)n1. The number of halogens is 1. The molecule has 0 atom stereocenters. The number of rotatable bonds is 3. The van der Waals surface area contributed by atoms with E-state index in [1.807, 2.05) is 31.2 Å². The third kappa shape index (κ3) is 2.29. The lowest BCUT2D eigenvalue weighted by atomic mass is 10.3. The Morgan fingerprint density at radius 1 is 1.41 bits per heavy atom. The molecule has 1 saturated carbocycles. The van der Waals surface area contributed by atoms with Crippen LogP contribution in [0.1, 0.15) is 24.6 Å². The molecule has 1 N–H and O–H groups in total. The van der Waals surface area contributed by atoms with Crippen molar-refractivity contribution < 1.29 is 0 Å². The summed E-state index contributed by atoms with van der Waals surface area (Å²) < 4.78 is 2.22. The van der Waals surface area contributed by atoms with Crippen molar-refractivity contribution in [2.45, 2.75) is 25.8 Å². The van der Waals surface area contributed by atoms with Gasteiger partial charge in [0.1, 0.15) is 0 Å². The third-order valence-corrected chi connectivity index (χ3v) is 3.11. The molecule has 0 saturated heterocycles. The molecule has 4 heteroatoms. The number of aromatic nitrogens is 2. The molecule has 3 rings (SSSR count). The number of aryl methyl sites for hydroxylation is 1. The molecule has 0 radical (unpaired) electrons. The van der Waals surface area contributed by atoms with Gasteiger partial charge in [0.15, 0.2) is 0 Å². The van der Waals surface area contributed by atoms with E-state index in [9.17, 15) is 0 Å². The smallest absolute Gasteiger partial charge is 0.207 e. The van der Waals surface area contributed by atoms with Crippen molar-refractivity contribution in [1.29, 1.82) is 0 Å². The van der Waals surface area contributed by atoms with Gasteiger partial charge >= 0.3 is 0 Å². The number of imidazole rings is 1. The molecule has 88 valence electrons. The van der Waals surface area contributed by atoms with Crippen LogP contribution in [0.4, 0.5) is 11.6 Å². The first-order valence-corrected chi connectivity index (χ1v) is 6.18. The highest BCUT2D eigenvalue weighted by molar-refractivity contribution is 6.30. The Balaban J connectivity index is 1.89. The van der Waals surface area contributed by atoms with E-state index in [-0.39, 0.29) is 0 Å². The zero-order valence-corrected chi connectivity index (χ0v) is 10.4. The van der Waals surface area contributed by atoms with E-state index in [0.717, 1.165) is 22.4 Å². The standard InChI is InChI=1S/C13H14ClN3/c1-9-8-17(12-5-6-12)13(15-9)16-11-4-2-3-10(14)7-11/h2-4,7-8,12H,5-6H2,1H3,(H,15,16). The molecule has 1 heterocycles. The van der Waals surface area contributed by atoms with Crippen LogP contribution in [-0.4, -0.2) is 9.55 Å². The normalized spacial score (nSPS) is 14.9. The summed E-state index contributed by atoms with van der Waals surface area (Å²) in [6.07, 6.45) is 4.60. The largest absolute Gasteiger partial charge is 0.326 e. The van der Waals surface area contributed by atoms with Crippen molar-refractivity contribution in [3.05, 3.63) is 41.2 Å². The maximum Gasteiger partial charge on any atom is 0.207 e. The van der Waals surface area contributed by atoms with Crippen LogP contribution in [0, 0.1) is 6.92 Å². The molecule has 0 unspecified atom stereocenters. The molecule has 0 amide bonds. The van der Waals surface area contributed by atoms with Crippen LogP contribution in [0.3, 0.4) is 0 Å². The fourth-order valence-corrected chi connectivity index (χ4v) is 2.13. The number of hydrogen-bond acceptors (Lipinski definition) is 2. The highest BCUT2D eigenvalue weighted by Crippen LogP contribution is 2.38. The molecule has 0 bridgehead atoms. The monoisotopic (exact) mass is 247 g/mol. The van der Waals surface area contributed by atoms with Crippen LogP contribution in [0.15, 0.2) is 30.5 Å². The summed E-state index contributed by atoms with van der Waals surface area (Å²) in [7, 11) is 0. The zero-order chi connectivity index (χ0) is 11.8. The number of hydrogen-bond donors (Lipinski definition) is 1. The highest BCUT2D eigenvalue weighted by Gasteiger charge is 2.26. The van der Waals surface area contributed by atoms with E-state index in [4.69, 9.17) is 11.6 Å². The number of nitrogens with zero attached hydrogens (tertiary/aromatic N) is 2. The summed E-state index contributed by atoms with van der Waals surface area (Å²) >= 11 is 5.96. The summed E-state index contributed by atoms with van der Waals surface area (Å²) in [4.78, 5) is 4.51. The van der Waals surface area contributed by atoms with Crippen molar-refractivity contribution in [3.8, 4) is 0 Å². The molecule has 1 aliphatic carbocycles. The first-order valence-electron chi connectivity index (χ1n) is 5.80. The summed E-state index contributed by atoms with van der Waals surface area (Å²) in [6, 6.07) is 8.32. The Labute approximate surface area is 105 Å². The molecular formula is C13H14ClN3. The van der Waals surface area contributed by atoms with Crippen LogP contribution >= 0.6 is 11.6 Å². The van der Waals surface area contributed by atoms with E-state index in [2.05, 4.69) is 21.1 Å². The number of nitrogens with one attached hydrogen (secondary N) is 1. The molecule has 1 aromatic carbocycles. The van der Waals surface area contributed by atoms with Gasteiger partial charge in [-0.1, -0.05) is 17.7 Å². The Morgan fingerprint density at radius 3 is 2.94 bits per heavy atom. The molecule has 1 fully saturated rings. The van der Waals surface area contributed by atoms with Crippen molar-refractivity contribution in [2.24, 2.45) is 0 Å². The summed E-state index contributed by atoms with van der Waals surface area (Å²) in [5.74, 6) is 0.910. The summed E-state index contributed by atoms with van der Waals surface area (Å²) in [5, 5.41) is 4.06. The van der Waals surface area contributed by atoms with Crippen LogP contribution in [0.5, 0.6) is 0 Å². The lowest BCUT2D eigenvalue weighted by Gasteiger charge is -2.08. The second kappa shape index (κ2) is 4.08. The predicted octanol–water partition coefficient (Wildman–Crippen LogP) is 3.92. The zero-order valence-electron chi connectivity index (χ0n) is 9.65. The van der Waals surface area contributed by atoms with E-state index >= 15 is 0 Å². The molecule has 1 aliphatic rings. The molecule has 0 aliphatic heterocycles. The molecule has 2 aromatic rings. The quantitative estimate of drug-likeness (QED) is 0.891. The second-order valence-corrected chi connectivity index (χ2v) is 4.92. The topological polar surface area (TPSA) is 29.9 Å². The Hall–Kier alpha value is -1.48. The summed E-state index contributed by atoms with van der Waals surface area (Å²) in [5.41, 5.74) is 2.02. The predicted molar refractivity (Wildman–Crippen MR) is 70.0 cm³/mol. The number of benzene rings is 1. The maximum absolute atomic E-state index is 5.96. The van der Waals surface area contributed by atoms with E-state index < -0.39 is 0 Å². The van der Waals surface area contributed by atoms with Gasteiger partial charge in [0.2, 0.25) is 5.95 Å². The van der Waals surface area contributed by atoms with Gasteiger partial charge in [-0.2, -0.15) is 0 Å². The minimum atomic E-state index is 0.623. The van der Waals surface area contributed by atoms with Crippen LogP contribution in [0.25, 0.3) is 0 Å². The average Bonchev–Trinajstić information content (AvgIpc) is 3.04. The maximum atomic E-state index is 5.96. The molecular weight excluding hydrogens is 234 g/mol. The van der Waals surface area contributed by atoms with Crippen molar-refractivity contribution in [1.82, 2.24) is 9.55 Å². The van der Waals surface area contributed by atoms with Gasteiger partial charge in [-0.05, 0) is 38.0 Å². The third-order valence-electron chi connectivity index (χ3n) is 2.87. The van der Waals surface area contributed by atoms with Crippen LogP contribution in [-0.2, 0) is 0 Å². The molecule has 1 aromatic heterocycles. The van der Waals surface area contributed by atoms with E-state index in [0.29, 0.717) is 6.04 Å². The van der Waals surface area contributed by atoms with Gasteiger partial charge in [0.25, 0.3) is 0 Å². The fourth-order valence-electron chi connectivity index (χ4n) is 1.93. The first-order chi connectivity index (χ1) is 8.22. The van der Waals surface area contributed by atoms with Gasteiger partial charge in [0, 0.05) is 22.9 Å². The lowest BCUT2D eigenvalue weighted by molar-refractivity contribution is 0.750. The highest BCUT2D eigenvalue weighted by atomic mass is 35.5. The average molecular weight is 248 g/mol. The van der Waals surface area contributed by atoms with Crippen LogP contribution < -0.4 is 5.32 Å². The van der Waals surface area contributed by atoms with Crippen molar-refractivity contribution in [2.75, 3.05) is 5.32 Å². The van der Waals surface area contributed by atoms with E-state index in [1.54, 1.807) is 0 Å². The number of anilines is 2. The lowest BCUT2D eigenvalue weighted by Crippen LogP contribution is -2.00. The van der Waals surface area contributed by atoms with Gasteiger partial charge in [-0.25, -0.2) is 4.98 Å². The van der Waals surface area contributed by atoms with E-state index in [1.165, 1.54) is 12.8 Å². The van der Waals surface area contributed by atoms with Gasteiger partial charge in [-0.3, -0.25) is 0 Å². The first kappa shape index (κ1) is 10.7. The minimum absolute atomic E-state index is 0.623. The van der Waals surface area contributed by atoms with Gasteiger partial charge in [-0.15, -0.1) is 0 Å². The molecule has 0 spiro atoms. The van der Waals surface area contributed by atoms with Gasteiger partial charge in [0.05, 0.1) is 5.69 Å². The summed E-state index contributed by atoms with van der Waals surface area (Å²) in [6.45, 7) is 2.02. The fraction of sp³-hybridized carbons (Fsp3) is 0.308. The molecule has 3 nitrogen and oxygen atoms in total. The second-order valence-electron chi connectivity index (χ2n) is 4.48. The van der Waals surface area contributed by atoms with Crippen LogP contribution in [0.2, 0.25) is 5.02 Å². The van der Waals surface area contributed by atoms with Crippen molar-refractivity contribution in [3.63, 3.8) is 0 Å². The Bertz CT molecular complexity index is 543. The molecule has 17 heavy (non-hydrogen) atoms. The van der Waals surface area contributed by atoms with Gasteiger partial charge < -0.3 is 9.88 Å².